The maximum Gasteiger partial charge on any atom is 0.339 e. The number of carbonyl (C=O) groups is 1. The Morgan fingerprint density at radius 1 is 1.16 bits per heavy atom. The van der Waals surface area contributed by atoms with E-state index in [-0.39, 0.29) is 23.3 Å². The third-order valence-corrected chi connectivity index (χ3v) is 5.61. The van der Waals surface area contributed by atoms with Crippen LogP contribution in [0.1, 0.15) is 36.4 Å². The molecule has 3 N–H and O–H groups in total. The summed E-state index contributed by atoms with van der Waals surface area (Å²) in [5.74, 6) is -0.790. The number of aryl methyl sites for hydroxylation is 1. The Labute approximate surface area is 181 Å². The van der Waals surface area contributed by atoms with Gasteiger partial charge in [-0.3, -0.25) is 18.7 Å². The number of aliphatic hydroxyl groups is 3. The first-order valence-electron chi connectivity index (χ1n) is 10.3. The van der Waals surface area contributed by atoms with Gasteiger partial charge in [-0.25, -0.2) is 9.78 Å². The van der Waals surface area contributed by atoms with Gasteiger partial charge in [0.15, 0.2) is 17.4 Å². The molecule has 4 atom stereocenters. The van der Waals surface area contributed by atoms with Crippen LogP contribution >= 0.6 is 0 Å². The number of hydrogen-bond donors (Lipinski definition) is 3. The molecular weight excluding hydrogens is 420 g/mol. The zero-order chi connectivity index (χ0) is 23.0. The largest absolute Gasteiger partial charge is 0.394 e. The minimum Gasteiger partial charge on any atom is -0.394 e. The van der Waals surface area contributed by atoms with E-state index in [2.05, 4.69) is 4.98 Å². The monoisotopic (exact) mass is 444 g/mol. The number of carbonyl (C=O) groups excluding carboxylic acids is 1. The molecule has 0 spiro atoms. The van der Waals surface area contributed by atoms with Gasteiger partial charge in [-0.05, 0) is 18.6 Å². The number of aromatic nitrogens is 4. The zero-order valence-electron chi connectivity index (χ0n) is 17.4. The molecular formula is C21H24N4O7. The van der Waals surface area contributed by atoms with E-state index < -0.39 is 48.3 Å². The van der Waals surface area contributed by atoms with Crippen LogP contribution in [-0.4, -0.2) is 64.8 Å². The Morgan fingerprint density at radius 2 is 1.88 bits per heavy atom. The summed E-state index contributed by atoms with van der Waals surface area (Å²) in [7, 11) is 0. The zero-order valence-corrected chi connectivity index (χ0v) is 17.4. The summed E-state index contributed by atoms with van der Waals surface area (Å²) in [5.41, 5.74) is -1.65. The molecule has 0 amide bonds. The summed E-state index contributed by atoms with van der Waals surface area (Å²) in [6.45, 7) is 1.62. The van der Waals surface area contributed by atoms with Crippen LogP contribution in [0.4, 0.5) is 0 Å². The van der Waals surface area contributed by atoms with E-state index in [1.54, 1.807) is 18.2 Å². The van der Waals surface area contributed by atoms with Crippen LogP contribution in [0.2, 0.25) is 0 Å². The van der Waals surface area contributed by atoms with Crippen molar-refractivity contribution in [3.8, 4) is 0 Å². The minimum atomic E-state index is -1.46. The van der Waals surface area contributed by atoms with Gasteiger partial charge in [0.25, 0.3) is 11.5 Å². The van der Waals surface area contributed by atoms with Crippen molar-refractivity contribution in [2.24, 2.45) is 0 Å². The van der Waals surface area contributed by atoms with E-state index in [4.69, 9.17) is 4.74 Å². The predicted octanol–water partition coefficient (Wildman–Crippen LogP) is -0.540. The van der Waals surface area contributed by atoms with Crippen LogP contribution in [0, 0.1) is 0 Å². The van der Waals surface area contributed by atoms with Gasteiger partial charge in [0.05, 0.1) is 12.9 Å². The fourth-order valence-corrected chi connectivity index (χ4v) is 3.87. The van der Waals surface area contributed by atoms with Gasteiger partial charge in [-0.1, -0.05) is 31.5 Å². The summed E-state index contributed by atoms with van der Waals surface area (Å²) in [6, 6.07) is 7.95. The smallest absolute Gasteiger partial charge is 0.339 e. The number of rotatable bonds is 6. The maximum absolute atomic E-state index is 13.4. The van der Waals surface area contributed by atoms with Crippen LogP contribution < -0.4 is 11.2 Å². The highest BCUT2D eigenvalue weighted by Crippen LogP contribution is 2.30. The number of nitrogens with zero attached hydrogens (tertiary/aromatic N) is 4. The molecule has 0 saturated carbocycles. The Morgan fingerprint density at radius 3 is 2.50 bits per heavy atom. The van der Waals surface area contributed by atoms with Crippen molar-refractivity contribution in [3.63, 3.8) is 0 Å². The third kappa shape index (κ3) is 3.48. The van der Waals surface area contributed by atoms with E-state index in [9.17, 15) is 29.7 Å². The highest BCUT2D eigenvalue weighted by Gasteiger charge is 2.44. The number of aliphatic hydroxyl groups excluding tert-OH is 3. The molecule has 11 nitrogen and oxygen atoms in total. The minimum absolute atomic E-state index is 0.0447. The second-order valence-electron chi connectivity index (χ2n) is 7.65. The molecule has 1 saturated heterocycles. The molecule has 1 aliphatic rings. The van der Waals surface area contributed by atoms with Crippen LogP contribution in [0.25, 0.3) is 11.2 Å². The highest BCUT2D eigenvalue weighted by molar-refractivity contribution is 5.96. The summed E-state index contributed by atoms with van der Waals surface area (Å²) < 4.78 is 8.52. The van der Waals surface area contributed by atoms with Crippen LogP contribution in [-0.2, 0) is 11.3 Å². The normalized spacial score (nSPS) is 23.1. The Balaban J connectivity index is 1.95. The molecule has 4 rings (SSSR count). The SMILES string of the molecule is CCCCn1c(=O)n(C(=O)c2ccccc2)c(=O)c2c1ncn2[C@@H]1O[C@H](CO)[C@@H](O)[C@H]1O. The van der Waals surface area contributed by atoms with Crippen molar-refractivity contribution in [2.75, 3.05) is 6.61 Å². The maximum atomic E-state index is 13.4. The predicted molar refractivity (Wildman–Crippen MR) is 112 cm³/mol. The molecule has 1 aliphatic heterocycles. The van der Waals surface area contributed by atoms with Gasteiger partial charge in [-0.2, -0.15) is 4.57 Å². The molecule has 32 heavy (non-hydrogen) atoms. The van der Waals surface area contributed by atoms with Crippen molar-refractivity contribution in [2.45, 2.75) is 50.8 Å². The number of benzene rings is 1. The number of hydrogen-bond acceptors (Lipinski definition) is 8. The van der Waals surface area contributed by atoms with Gasteiger partial charge >= 0.3 is 5.69 Å². The van der Waals surface area contributed by atoms with Crippen LogP contribution in [0.3, 0.4) is 0 Å². The van der Waals surface area contributed by atoms with Crippen molar-refractivity contribution in [1.82, 2.24) is 18.7 Å². The molecule has 0 radical (unpaired) electrons. The number of unbranched alkanes of at least 4 members (excludes halogenated alkanes) is 1. The summed E-state index contributed by atoms with van der Waals surface area (Å²) >= 11 is 0. The lowest BCUT2D eigenvalue weighted by Gasteiger charge is -2.17. The fourth-order valence-electron chi connectivity index (χ4n) is 3.87. The average molecular weight is 444 g/mol. The molecule has 11 heteroatoms. The van der Waals surface area contributed by atoms with E-state index in [0.717, 1.165) is 6.42 Å². The standard InChI is InChI=1S/C21H24N4O7/c1-2-3-9-23-17-14(24(11-22-17)20-16(28)15(27)13(10-26)32-20)19(30)25(21(23)31)18(29)12-7-5-4-6-8-12/h4-8,11,13,15-16,20,26-28H,2-3,9-10H2,1H3/t13-,15-,16-,20-/m1/s1. The Hall–Kier alpha value is -3.12. The first-order valence-corrected chi connectivity index (χ1v) is 10.3. The fraction of sp³-hybridized carbons (Fsp3) is 0.429. The van der Waals surface area contributed by atoms with Gasteiger partial charge in [0.1, 0.15) is 18.3 Å². The van der Waals surface area contributed by atoms with Crippen LogP contribution in [0.15, 0.2) is 46.2 Å². The van der Waals surface area contributed by atoms with Crippen molar-refractivity contribution in [3.05, 3.63) is 63.1 Å². The Kier molecular flexibility index (Phi) is 6.07. The van der Waals surface area contributed by atoms with Crippen LogP contribution in [0.5, 0.6) is 0 Å². The van der Waals surface area contributed by atoms with E-state index in [0.29, 0.717) is 11.0 Å². The molecule has 1 aromatic carbocycles. The molecule has 2 aromatic heterocycles. The van der Waals surface area contributed by atoms with Gasteiger partial charge in [-0.15, -0.1) is 0 Å². The number of imidazole rings is 1. The number of ether oxygens (including phenoxy) is 1. The second kappa shape index (κ2) is 8.79. The topological polar surface area (TPSA) is 149 Å². The van der Waals surface area contributed by atoms with Gasteiger partial charge in [0, 0.05) is 12.1 Å². The lowest BCUT2D eigenvalue weighted by atomic mass is 10.1. The van der Waals surface area contributed by atoms with E-state index >= 15 is 0 Å². The van der Waals surface area contributed by atoms with Gasteiger partial charge in [0.2, 0.25) is 0 Å². The highest BCUT2D eigenvalue weighted by atomic mass is 16.6. The summed E-state index contributed by atoms with van der Waals surface area (Å²) in [6.07, 6.45) is -2.57. The molecule has 170 valence electrons. The third-order valence-electron chi connectivity index (χ3n) is 5.61. The van der Waals surface area contributed by atoms with Gasteiger partial charge < -0.3 is 20.1 Å². The Bertz CT molecular complexity index is 1250. The quantitative estimate of drug-likeness (QED) is 0.459. The van der Waals surface area contributed by atoms with Crippen molar-refractivity contribution >= 4 is 17.1 Å². The lowest BCUT2D eigenvalue weighted by Crippen LogP contribution is -2.44. The van der Waals surface area contributed by atoms with E-state index in [1.165, 1.54) is 27.6 Å². The first kappa shape index (κ1) is 22.1. The molecule has 0 bridgehead atoms. The van der Waals surface area contributed by atoms with E-state index in [1.807, 2.05) is 6.92 Å². The molecule has 3 heterocycles. The summed E-state index contributed by atoms with van der Waals surface area (Å²) in [4.78, 5) is 43.8. The first-order chi connectivity index (χ1) is 15.4. The van der Waals surface area contributed by atoms with Crippen molar-refractivity contribution in [1.29, 1.82) is 0 Å². The molecule has 0 unspecified atom stereocenters. The molecule has 3 aromatic rings. The van der Waals surface area contributed by atoms with Crippen molar-refractivity contribution < 1.29 is 24.9 Å². The lowest BCUT2D eigenvalue weighted by molar-refractivity contribution is -0.0509. The second-order valence-corrected chi connectivity index (χ2v) is 7.65. The number of fused-ring (bicyclic) bond motifs is 1. The average Bonchev–Trinajstić information content (AvgIpc) is 3.36. The summed E-state index contributed by atoms with van der Waals surface area (Å²) in [5, 5.41) is 29.9. The molecule has 0 aliphatic carbocycles. The molecule has 1 fully saturated rings.